The molecule has 0 unspecified atom stereocenters. The van der Waals surface area contributed by atoms with Crippen LogP contribution in [0.1, 0.15) is 6.92 Å². The minimum absolute atomic E-state index is 0.523. The molecule has 92 valence electrons. The van der Waals surface area contributed by atoms with Crippen LogP contribution in [0.25, 0.3) is 0 Å². The van der Waals surface area contributed by atoms with E-state index in [-0.39, 0.29) is 0 Å². The molecule has 4 atom stereocenters. The van der Waals surface area contributed by atoms with Gasteiger partial charge in [0.2, 0.25) is 0 Å². The second-order valence-corrected chi connectivity index (χ2v) is 4.05. The van der Waals surface area contributed by atoms with Crippen molar-refractivity contribution in [1.29, 1.82) is 0 Å². The van der Waals surface area contributed by atoms with E-state index in [1.807, 2.05) is 0 Å². The molecule has 1 rings (SSSR count). The van der Waals surface area contributed by atoms with Crippen LogP contribution in [-0.2, 0) is 4.79 Å². The number of nitrogens with zero attached hydrogens (tertiary/aromatic N) is 1. The third-order valence-corrected chi connectivity index (χ3v) is 3.10. The van der Waals surface area contributed by atoms with Crippen LogP contribution in [0.4, 0.5) is 13.2 Å². The molecule has 1 amide bonds. The number of likely N-dealkylation sites (tertiary alicyclic amines) is 1. The number of halogens is 3. The van der Waals surface area contributed by atoms with E-state index in [1.165, 1.54) is 14.8 Å². The summed E-state index contributed by atoms with van der Waals surface area (Å²) in [4.78, 5) is 11.6. The molecule has 1 heterocycles. The van der Waals surface area contributed by atoms with Crippen LogP contribution in [0.2, 0.25) is 0 Å². The summed E-state index contributed by atoms with van der Waals surface area (Å²) >= 11 is 0. The molecule has 0 spiro atoms. The minimum Gasteiger partial charge on any atom is -0.394 e. The quantitative estimate of drug-likeness (QED) is 0.559. The summed E-state index contributed by atoms with van der Waals surface area (Å²) in [5, 5.41) is 18.6. The summed E-state index contributed by atoms with van der Waals surface area (Å²) in [6.45, 7) is 0.913. The first-order chi connectivity index (χ1) is 7.21. The molecule has 0 saturated carbocycles. The Morgan fingerprint density at radius 2 is 2.00 bits per heavy atom. The minimum atomic E-state index is -4.98. The molecule has 0 aromatic rings. The predicted molar refractivity (Wildman–Crippen MR) is 51.3 cm³/mol. The number of amides is 1. The topological polar surface area (TPSA) is 60.8 Å². The predicted octanol–water partition coefficient (Wildman–Crippen LogP) is -1.29. The van der Waals surface area contributed by atoms with Crippen LogP contribution < -0.4 is 0 Å². The van der Waals surface area contributed by atoms with Crippen LogP contribution in [0.5, 0.6) is 0 Å². The van der Waals surface area contributed by atoms with Crippen molar-refractivity contribution in [2.24, 2.45) is 5.92 Å². The van der Waals surface area contributed by atoms with Crippen molar-refractivity contribution in [3.8, 4) is 0 Å². The van der Waals surface area contributed by atoms with Gasteiger partial charge < -0.3 is 15.1 Å². The fraction of sp³-hybridized carbons (Fsp3) is 0.875. The molecule has 8 heteroatoms. The number of aliphatic hydroxyl groups excluding tert-OH is 2. The van der Waals surface area contributed by atoms with Crippen LogP contribution in [0.15, 0.2) is 0 Å². The maximum atomic E-state index is 12.3. The average Bonchev–Trinajstić information content (AvgIpc) is 2.39. The summed E-state index contributed by atoms with van der Waals surface area (Å²) < 4.78 is 36.9. The third-order valence-electron chi connectivity index (χ3n) is 3.10. The van der Waals surface area contributed by atoms with Gasteiger partial charge in [-0.3, -0.25) is 4.79 Å². The molecule has 4 nitrogen and oxygen atoms in total. The second-order valence-electron chi connectivity index (χ2n) is 4.05. The van der Waals surface area contributed by atoms with Gasteiger partial charge in [-0.1, -0.05) is 6.92 Å². The zero-order valence-corrected chi connectivity index (χ0v) is 8.90. The molecular weight excluding hydrogens is 226 g/mol. The third kappa shape index (κ3) is 2.03. The van der Waals surface area contributed by atoms with Crippen molar-refractivity contribution in [1.82, 2.24) is 4.90 Å². The maximum Gasteiger partial charge on any atom is 0.471 e. The van der Waals surface area contributed by atoms with Gasteiger partial charge >= 0.3 is 12.1 Å². The normalized spacial score (nSPS) is 35.5. The first kappa shape index (κ1) is 13.3. The Balaban J connectivity index is 2.98. The Bertz CT molecular complexity index is 286. The molecule has 0 bridgehead atoms. The number of aliphatic hydroxyl groups is 2. The van der Waals surface area contributed by atoms with E-state index in [4.69, 9.17) is 5.11 Å². The highest BCUT2D eigenvalue weighted by atomic mass is 19.4. The van der Waals surface area contributed by atoms with Gasteiger partial charge in [0.25, 0.3) is 0 Å². The van der Waals surface area contributed by atoms with E-state index in [2.05, 4.69) is 0 Å². The molecule has 0 aromatic carbocycles. The highest BCUT2D eigenvalue weighted by molar-refractivity contribution is 6.14. The summed E-state index contributed by atoms with van der Waals surface area (Å²) in [7, 11) is 1.33. The number of hydrogen-bond acceptors (Lipinski definition) is 3. The number of alkyl halides is 3. The molecule has 0 aromatic heterocycles. The summed E-state index contributed by atoms with van der Waals surface area (Å²) in [5.74, 6) is -3.53. The van der Waals surface area contributed by atoms with Gasteiger partial charge in [0.05, 0.1) is 18.8 Å². The molecular formula is C8H13BF3NO3. The van der Waals surface area contributed by atoms with E-state index >= 15 is 0 Å². The van der Waals surface area contributed by atoms with Gasteiger partial charge in [0.15, 0.2) is 0 Å². The molecule has 0 radical (unpaired) electrons. The van der Waals surface area contributed by atoms with Crippen LogP contribution in [0.3, 0.4) is 0 Å². The van der Waals surface area contributed by atoms with Crippen LogP contribution >= 0.6 is 0 Å². The number of carbonyl (C=O) groups is 1. The fourth-order valence-electron chi connectivity index (χ4n) is 2.12. The Morgan fingerprint density at radius 3 is 2.38 bits per heavy atom. The molecule has 1 fully saturated rings. The average molecular weight is 239 g/mol. The van der Waals surface area contributed by atoms with Crippen molar-refractivity contribution in [3.05, 3.63) is 0 Å². The van der Waals surface area contributed by atoms with Gasteiger partial charge in [-0.05, 0) is 0 Å². The van der Waals surface area contributed by atoms with Crippen molar-refractivity contribution in [3.63, 3.8) is 0 Å². The molecule has 16 heavy (non-hydrogen) atoms. The van der Waals surface area contributed by atoms with Crippen molar-refractivity contribution in [2.75, 3.05) is 6.61 Å². The lowest BCUT2D eigenvalue weighted by Crippen LogP contribution is -2.50. The Morgan fingerprint density at radius 1 is 1.50 bits per heavy atom. The largest absolute Gasteiger partial charge is 0.471 e. The number of carbonyl (C=O) groups excluding carboxylic acids is 1. The van der Waals surface area contributed by atoms with E-state index < -0.39 is 42.7 Å². The molecule has 1 aliphatic heterocycles. The smallest absolute Gasteiger partial charge is 0.394 e. The molecule has 1 aliphatic rings. The van der Waals surface area contributed by atoms with Crippen LogP contribution in [0, 0.1) is 5.92 Å². The number of rotatable bonds is 1. The van der Waals surface area contributed by atoms with Gasteiger partial charge in [-0.25, -0.2) is 0 Å². The van der Waals surface area contributed by atoms with Gasteiger partial charge in [0, 0.05) is 11.9 Å². The monoisotopic (exact) mass is 239 g/mol. The van der Waals surface area contributed by atoms with Crippen molar-refractivity contribution in [2.45, 2.75) is 31.2 Å². The molecule has 0 aliphatic carbocycles. The highest BCUT2D eigenvalue weighted by Gasteiger charge is 2.53. The lowest BCUT2D eigenvalue weighted by molar-refractivity contribution is -0.188. The SMILES string of the molecule is B[C@H]1[C@H](O)[C@H](C)[C@@H](CO)N1C(=O)C(F)(F)F. The summed E-state index contributed by atoms with van der Waals surface area (Å²) in [5.41, 5.74) is 0. The summed E-state index contributed by atoms with van der Waals surface area (Å²) in [6.07, 6.45) is -6.03. The van der Waals surface area contributed by atoms with Crippen LogP contribution in [-0.4, -0.2) is 59.7 Å². The first-order valence-electron chi connectivity index (χ1n) is 4.90. The molecule has 1 saturated heterocycles. The van der Waals surface area contributed by atoms with Gasteiger partial charge in [0.1, 0.15) is 7.85 Å². The first-order valence-corrected chi connectivity index (χ1v) is 4.90. The van der Waals surface area contributed by atoms with Gasteiger partial charge in [-0.15, -0.1) is 0 Å². The second kappa shape index (κ2) is 4.25. The lowest BCUT2D eigenvalue weighted by Gasteiger charge is -2.29. The maximum absolute atomic E-state index is 12.3. The van der Waals surface area contributed by atoms with E-state index in [0.29, 0.717) is 4.90 Å². The zero-order valence-electron chi connectivity index (χ0n) is 8.90. The highest BCUT2D eigenvalue weighted by Crippen LogP contribution is 2.32. The summed E-state index contributed by atoms with van der Waals surface area (Å²) in [6, 6.07) is -0.987. The molecule has 2 N–H and O–H groups in total. The van der Waals surface area contributed by atoms with Crippen molar-refractivity contribution < 1.29 is 28.2 Å². The lowest BCUT2D eigenvalue weighted by atomic mass is 9.88. The fourth-order valence-corrected chi connectivity index (χ4v) is 2.12. The van der Waals surface area contributed by atoms with E-state index in [0.717, 1.165) is 0 Å². The Kier molecular flexibility index (Phi) is 3.54. The van der Waals surface area contributed by atoms with Crippen molar-refractivity contribution >= 4 is 13.8 Å². The van der Waals surface area contributed by atoms with E-state index in [1.54, 1.807) is 0 Å². The van der Waals surface area contributed by atoms with Gasteiger partial charge in [-0.2, -0.15) is 13.2 Å². The Hall–Kier alpha value is -0.755. The number of hydrogen-bond donors (Lipinski definition) is 2. The standard InChI is InChI=1S/C8H13BF3NO3/c1-3-4(2-14)13(6(9)5(3)15)7(16)8(10,11)12/h3-6,14-15H,2,9H2,1H3/t3-,4-,5-,6-/m1/s1. The van der Waals surface area contributed by atoms with E-state index in [9.17, 15) is 23.1 Å². The zero-order chi connectivity index (χ0) is 12.7. The Labute approximate surface area is 91.4 Å².